The molecule has 6 heteroatoms. The summed E-state index contributed by atoms with van der Waals surface area (Å²) in [5.74, 6) is 1.04. The first-order chi connectivity index (χ1) is 11.3. The molecule has 3 rings (SSSR count). The number of carbonyl (C=O) groups is 1. The van der Waals surface area contributed by atoms with Gasteiger partial charge in [0, 0.05) is 25.5 Å². The van der Waals surface area contributed by atoms with Crippen LogP contribution in [0.5, 0.6) is 0 Å². The predicted molar refractivity (Wildman–Crippen MR) is 98.9 cm³/mol. The average molecular weight is 347 g/mol. The van der Waals surface area contributed by atoms with Gasteiger partial charge in [-0.2, -0.15) is 4.37 Å². The number of piperidine rings is 1. The monoisotopic (exact) mass is 347 g/mol. The molecular weight excluding hydrogens is 322 g/mol. The van der Waals surface area contributed by atoms with Crippen LogP contribution in [0.1, 0.15) is 33.6 Å². The Labute approximate surface area is 147 Å². The first-order valence-corrected chi connectivity index (χ1v) is 9.18. The largest absolute Gasteiger partial charge is 0.444 e. The molecule has 1 atom stereocenters. The number of rotatable bonds is 2. The molecule has 0 N–H and O–H groups in total. The van der Waals surface area contributed by atoms with Crippen molar-refractivity contribution < 1.29 is 9.53 Å². The van der Waals surface area contributed by atoms with E-state index in [0.717, 1.165) is 31.7 Å². The first-order valence-electron chi connectivity index (χ1n) is 8.40. The van der Waals surface area contributed by atoms with Crippen molar-refractivity contribution in [3.8, 4) is 0 Å². The third-order valence-electron chi connectivity index (χ3n) is 4.28. The summed E-state index contributed by atoms with van der Waals surface area (Å²) in [5, 5.41) is 1.20. The maximum Gasteiger partial charge on any atom is 0.410 e. The van der Waals surface area contributed by atoms with Gasteiger partial charge in [-0.15, -0.1) is 0 Å². The van der Waals surface area contributed by atoms with Crippen LogP contribution in [0, 0.1) is 0 Å². The minimum Gasteiger partial charge on any atom is -0.444 e. The topological polar surface area (TPSA) is 45.7 Å². The van der Waals surface area contributed by atoms with E-state index < -0.39 is 5.60 Å². The Morgan fingerprint density at radius 1 is 1.38 bits per heavy atom. The normalized spacial score (nSPS) is 18.7. The SMILES string of the molecule is CN(C(=O)OC(C)(C)C)[C@H]1CCCN(c2nsc3ccccc23)C1. The molecule has 1 aliphatic rings. The van der Waals surface area contributed by atoms with Crippen LogP contribution < -0.4 is 4.90 Å². The Balaban J connectivity index is 1.73. The fourth-order valence-corrected chi connectivity index (χ4v) is 3.84. The van der Waals surface area contributed by atoms with E-state index in [1.54, 1.807) is 4.90 Å². The highest BCUT2D eigenvalue weighted by Gasteiger charge is 2.30. The molecule has 0 bridgehead atoms. The number of ether oxygens (including phenoxy) is 1. The third-order valence-corrected chi connectivity index (χ3v) is 5.10. The lowest BCUT2D eigenvalue weighted by atomic mass is 10.0. The Bertz CT molecular complexity index is 722. The van der Waals surface area contributed by atoms with Crippen LogP contribution >= 0.6 is 11.5 Å². The molecule has 0 saturated carbocycles. The first kappa shape index (κ1) is 17.0. The van der Waals surface area contributed by atoms with Crippen molar-refractivity contribution in [3.63, 3.8) is 0 Å². The number of fused-ring (bicyclic) bond motifs is 1. The van der Waals surface area contributed by atoms with Crippen molar-refractivity contribution in [2.75, 3.05) is 25.0 Å². The van der Waals surface area contributed by atoms with Crippen LogP contribution in [0.3, 0.4) is 0 Å². The van der Waals surface area contributed by atoms with Crippen molar-refractivity contribution in [1.29, 1.82) is 0 Å². The molecule has 1 amide bonds. The van der Waals surface area contributed by atoms with E-state index in [-0.39, 0.29) is 12.1 Å². The lowest BCUT2D eigenvalue weighted by Gasteiger charge is -2.38. The Morgan fingerprint density at radius 3 is 2.88 bits per heavy atom. The zero-order valence-electron chi connectivity index (χ0n) is 14.8. The van der Waals surface area contributed by atoms with Crippen molar-refractivity contribution in [2.45, 2.75) is 45.3 Å². The number of carbonyl (C=O) groups excluding carboxylic acids is 1. The molecular formula is C18H25N3O2S. The van der Waals surface area contributed by atoms with Crippen molar-refractivity contribution in [3.05, 3.63) is 24.3 Å². The summed E-state index contributed by atoms with van der Waals surface area (Å²) < 4.78 is 11.4. The predicted octanol–water partition coefficient (Wildman–Crippen LogP) is 4.13. The maximum absolute atomic E-state index is 12.3. The molecule has 2 aromatic rings. The second-order valence-corrected chi connectivity index (χ2v) is 8.14. The van der Waals surface area contributed by atoms with E-state index in [0.29, 0.717) is 0 Å². The zero-order valence-corrected chi connectivity index (χ0v) is 15.6. The van der Waals surface area contributed by atoms with E-state index in [9.17, 15) is 4.79 Å². The van der Waals surface area contributed by atoms with Gasteiger partial charge in [0.1, 0.15) is 11.4 Å². The fraction of sp³-hybridized carbons (Fsp3) is 0.556. The zero-order chi connectivity index (χ0) is 17.3. The Morgan fingerprint density at radius 2 is 2.12 bits per heavy atom. The Kier molecular flexibility index (Phi) is 4.67. The summed E-state index contributed by atoms with van der Waals surface area (Å²) in [6.45, 7) is 7.46. The van der Waals surface area contributed by atoms with E-state index in [4.69, 9.17) is 4.74 Å². The molecule has 0 aliphatic carbocycles. The quantitative estimate of drug-likeness (QED) is 0.819. The number of likely N-dealkylation sites (N-methyl/N-ethyl adjacent to an activating group) is 1. The molecule has 2 heterocycles. The van der Waals surface area contributed by atoms with Gasteiger partial charge in [-0.1, -0.05) is 12.1 Å². The van der Waals surface area contributed by atoms with Crippen molar-refractivity contribution in [1.82, 2.24) is 9.27 Å². The van der Waals surface area contributed by atoms with Crippen LogP contribution in [0.15, 0.2) is 24.3 Å². The number of anilines is 1. The smallest absolute Gasteiger partial charge is 0.410 e. The summed E-state index contributed by atoms with van der Waals surface area (Å²) >= 11 is 1.53. The fourth-order valence-electron chi connectivity index (χ4n) is 3.05. The lowest BCUT2D eigenvalue weighted by molar-refractivity contribution is 0.0210. The molecule has 130 valence electrons. The third kappa shape index (κ3) is 3.64. The molecule has 1 fully saturated rings. The number of hydrogen-bond donors (Lipinski definition) is 0. The van der Waals surface area contributed by atoms with Crippen molar-refractivity contribution >= 4 is 33.5 Å². The molecule has 0 radical (unpaired) electrons. The molecule has 1 aromatic carbocycles. The van der Waals surface area contributed by atoms with Gasteiger partial charge >= 0.3 is 6.09 Å². The van der Waals surface area contributed by atoms with E-state index in [2.05, 4.69) is 27.5 Å². The molecule has 1 saturated heterocycles. The van der Waals surface area contributed by atoms with Gasteiger partial charge in [0.2, 0.25) is 0 Å². The van der Waals surface area contributed by atoms with Crippen LogP contribution in [0.2, 0.25) is 0 Å². The number of aromatic nitrogens is 1. The molecule has 1 aromatic heterocycles. The van der Waals surface area contributed by atoms with E-state index in [1.165, 1.54) is 21.6 Å². The summed E-state index contributed by atoms with van der Waals surface area (Å²) in [7, 11) is 1.83. The summed E-state index contributed by atoms with van der Waals surface area (Å²) in [4.78, 5) is 16.4. The molecule has 0 unspecified atom stereocenters. The Hall–Kier alpha value is -1.82. The van der Waals surface area contributed by atoms with E-state index in [1.807, 2.05) is 33.9 Å². The van der Waals surface area contributed by atoms with Gasteiger partial charge < -0.3 is 14.5 Å². The van der Waals surface area contributed by atoms with Crippen LogP contribution in [-0.2, 0) is 4.74 Å². The van der Waals surface area contributed by atoms with Gasteiger partial charge in [0.15, 0.2) is 0 Å². The molecule has 0 spiro atoms. The summed E-state index contributed by atoms with van der Waals surface area (Å²) in [5.41, 5.74) is -0.467. The van der Waals surface area contributed by atoms with E-state index >= 15 is 0 Å². The second kappa shape index (κ2) is 6.59. The van der Waals surface area contributed by atoms with Gasteiger partial charge in [0.25, 0.3) is 0 Å². The average Bonchev–Trinajstić information content (AvgIpc) is 2.96. The molecule has 24 heavy (non-hydrogen) atoms. The highest BCUT2D eigenvalue weighted by Crippen LogP contribution is 2.31. The van der Waals surface area contributed by atoms with Crippen LogP contribution in [0.25, 0.3) is 10.1 Å². The number of amides is 1. The van der Waals surface area contributed by atoms with Gasteiger partial charge in [-0.25, -0.2) is 4.79 Å². The second-order valence-electron chi connectivity index (χ2n) is 7.34. The lowest BCUT2D eigenvalue weighted by Crippen LogP contribution is -2.50. The van der Waals surface area contributed by atoms with Crippen LogP contribution in [0.4, 0.5) is 10.6 Å². The van der Waals surface area contributed by atoms with Crippen LogP contribution in [-0.4, -0.2) is 47.1 Å². The standard InChI is InChI=1S/C18H25N3O2S/c1-18(2,3)23-17(22)20(4)13-8-7-11-21(12-13)16-14-9-5-6-10-15(14)24-19-16/h5-6,9-10,13H,7-8,11-12H2,1-4H3/t13-/m0/s1. The van der Waals surface area contributed by atoms with Gasteiger partial charge in [-0.05, 0) is 57.3 Å². The minimum absolute atomic E-state index is 0.147. The number of hydrogen-bond acceptors (Lipinski definition) is 5. The number of nitrogens with zero attached hydrogens (tertiary/aromatic N) is 3. The summed E-state index contributed by atoms with van der Waals surface area (Å²) in [6, 6.07) is 8.46. The molecule has 1 aliphatic heterocycles. The minimum atomic E-state index is -0.467. The maximum atomic E-state index is 12.3. The number of benzene rings is 1. The van der Waals surface area contributed by atoms with Gasteiger partial charge in [0.05, 0.1) is 10.7 Å². The van der Waals surface area contributed by atoms with Crippen molar-refractivity contribution in [2.24, 2.45) is 0 Å². The highest BCUT2D eigenvalue weighted by molar-refractivity contribution is 7.13. The molecule has 5 nitrogen and oxygen atoms in total. The highest BCUT2D eigenvalue weighted by atomic mass is 32.1. The summed E-state index contributed by atoms with van der Waals surface area (Å²) in [6.07, 6.45) is 1.79. The van der Waals surface area contributed by atoms with Gasteiger partial charge in [-0.3, -0.25) is 0 Å².